The van der Waals surface area contributed by atoms with Crippen molar-refractivity contribution >= 4 is 17.0 Å². The maximum atomic E-state index is 10.7. The molecular weight excluding hydrogens is 230 g/mol. The molecule has 1 atom stereocenters. The third kappa shape index (κ3) is 3.19. The lowest BCUT2D eigenvalue weighted by atomic mass is 10.0. The number of hydrogen-bond donors (Lipinski definition) is 3. The van der Waals surface area contributed by atoms with Crippen LogP contribution in [0.3, 0.4) is 0 Å². The molecular formula is C10H15NO4S. The summed E-state index contributed by atoms with van der Waals surface area (Å²) in [7, 11) is 1.48. The molecule has 3 N–H and O–H groups in total. The molecule has 1 aromatic carbocycles. The quantitative estimate of drug-likeness (QED) is 0.678. The van der Waals surface area contributed by atoms with Gasteiger partial charge in [0.15, 0.2) is 0 Å². The number of hydrogen-bond acceptors (Lipinski definition) is 3. The molecule has 90 valence electrons. The molecule has 0 heterocycles. The fourth-order valence-corrected chi connectivity index (χ4v) is 1.81. The van der Waals surface area contributed by atoms with Crippen LogP contribution < -0.4 is 9.46 Å². The van der Waals surface area contributed by atoms with Gasteiger partial charge >= 0.3 is 0 Å². The Bertz CT molecular complexity index is 395. The maximum absolute atomic E-state index is 10.7. The van der Waals surface area contributed by atoms with E-state index in [-0.39, 0.29) is 6.61 Å². The predicted octanol–water partition coefficient (Wildman–Crippen LogP) is 1.09. The second-order valence-corrected chi connectivity index (χ2v) is 4.01. The number of aliphatic hydroxyl groups excluding tert-OH is 1. The lowest BCUT2D eigenvalue weighted by Crippen LogP contribution is -2.05. The van der Waals surface area contributed by atoms with Crippen molar-refractivity contribution in [2.75, 3.05) is 18.4 Å². The van der Waals surface area contributed by atoms with Gasteiger partial charge in [0.1, 0.15) is 5.75 Å². The van der Waals surface area contributed by atoms with E-state index in [4.69, 9.17) is 14.4 Å². The standard InChI is InChI=1S/C10H15NO4S/c1-7-5-9(11-16(13)14)10(15-2)6-8(7)3-4-12/h5-6,11-12H,3-4H2,1-2H3,(H,13,14). The van der Waals surface area contributed by atoms with Crippen LogP contribution in [0.15, 0.2) is 12.1 Å². The number of benzene rings is 1. The average molecular weight is 245 g/mol. The molecule has 0 aromatic heterocycles. The molecule has 0 aliphatic rings. The molecule has 0 saturated heterocycles. The molecule has 16 heavy (non-hydrogen) atoms. The first-order valence-corrected chi connectivity index (χ1v) is 5.85. The van der Waals surface area contributed by atoms with Gasteiger partial charge in [-0.05, 0) is 36.6 Å². The summed E-state index contributed by atoms with van der Waals surface area (Å²) in [5, 5.41) is 8.88. The minimum absolute atomic E-state index is 0.0582. The van der Waals surface area contributed by atoms with Gasteiger partial charge in [-0.25, -0.2) is 4.21 Å². The van der Waals surface area contributed by atoms with E-state index < -0.39 is 11.3 Å². The Morgan fingerprint density at radius 1 is 1.50 bits per heavy atom. The van der Waals surface area contributed by atoms with Gasteiger partial charge in [0.25, 0.3) is 11.3 Å². The molecule has 0 aliphatic carbocycles. The Morgan fingerprint density at radius 3 is 2.69 bits per heavy atom. The van der Waals surface area contributed by atoms with E-state index in [9.17, 15) is 4.21 Å². The highest BCUT2D eigenvalue weighted by Crippen LogP contribution is 2.28. The Kier molecular flexibility index (Phi) is 4.72. The SMILES string of the molecule is COc1cc(CCO)c(C)cc1NS(=O)O. The van der Waals surface area contributed by atoms with Crippen molar-refractivity contribution in [1.29, 1.82) is 0 Å². The number of aryl methyl sites for hydroxylation is 1. The second-order valence-electron chi connectivity index (χ2n) is 3.30. The van der Waals surface area contributed by atoms with Crippen molar-refractivity contribution in [3.05, 3.63) is 23.3 Å². The van der Waals surface area contributed by atoms with E-state index in [2.05, 4.69) is 4.72 Å². The minimum atomic E-state index is -2.13. The van der Waals surface area contributed by atoms with Gasteiger partial charge in [-0.15, -0.1) is 0 Å². The smallest absolute Gasteiger partial charge is 0.259 e. The number of methoxy groups -OCH3 is 1. The zero-order valence-corrected chi connectivity index (χ0v) is 10.0. The Hall–Kier alpha value is -1.11. The summed E-state index contributed by atoms with van der Waals surface area (Å²) in [6.45, 7) is 1.93. The van der Waals surface area contributed by atoms with Gasteiger partial charge in [0.2, 0.25) is 0 Å². The van der Waals surface area contributed by atoms with Crippen LogP contribution >= 0.6 is 0 Å². The fourth-order valence-electron chi connectivity index (χ4n) is 1.46. The largest absolute Gasteiger partial charge is 0.495 e. The van der Waals surface area contributed by atoms with Crippen LogP contribution in [0.25, 0.3) is 0 Å². The van der Waals surface area contributed by atoms with Gasteiger partial charge < -0.3 is 9.84 Å². The van der Waals surface area contributed by atoms with Crippen molar-refractivity contribution in [2.24, 2.45) is 0 Å². The molecule has 0 saturated carbocycles. The lowest BCUT2D eigenvalue weighted by Gasteiger charge is -2.12. The molecule has 0 aliphatic heterocycles. The maximum Gasteiger partial charge on any atom is 0.259 e. The van der Waals surface area contributed by atoms with E-state index in [1.165, 1.54) is 7.11 Å². The third-order valence-corrected chi connectivity index (χ3v) is 2.63. The van der Waals surface area contributed by atoms with Crippen LogP contribution in [-0.2, 0) is 17.7 Å². The van der Waals surface area contributed by atoms with Crippen molar-refractivity contribution in [2.45, 2.75) is 13.3 Å². The lowest BCUT2D eigenvalue weighted by molar-refractivity contribution is 0.299. The number of anilines is 1. The molecule has 5 nitrogen and oxygen atoms in total. The van der Waals surface area contributed by atoms with Crippen molar-refractivity contribution < 1.29 is 18.6 Å². The second kappa shape index (κ2) is 5.83. The molecule has 0 amide bonds. The topological polar surface area (TPSA) is 78.8 Å². The van der Waals surface area contributed by atoms with Gasteiger partial charge in [-0.2, -0.15) is 0 Å². The number of ether oxygens (including phenoxy) is 1. The summed E-state index contributed by atoms with van der Waals surface area (Å²) in [4.78, 5) is 0. The van der Waals surface area contributed by atoms with Gasteiger partial charge in [-0.3, -0.25) is 9.27 Å². The van der Waals surface area contributed by atoms with E-state index >= 15 is 0 Å². The first kappa shape index (κ1) is 13.0. The highest BCUT2D eigenvalue weighted by molar-refractivity contribution is 7.80. The van der Waals surface area contributed by atoms with Crippen molar-refractivity contribution in [1.82, 2.24) is 0 Å². The number of aliphatic hydroxyl groups is 1. The van der Waals surface area contributed by atoms with Crippen LogP contribution in [0.5, 0.6) is 5.75 Å². The molecule has 1 aromatic rings. The molecule has 0 fully saturated rings. The summed E-state index contributed by atoms with van der Waals surface area (Å²) in [6, 6.07) is 3.47. The van der Waals surface area contributed by atoms with E-state index in [0.717, 1.165) is 11.1 Å². The van der Waals surface area contributed by atoms with Gasteiger partial charge in [-0.1, -0.05) is 0 Å². The normalized spacial score (nSPS) is 12.2. The third-order valence-electron chi connectivity index (χ3n) is 2.24. The summed E-state index contributed by atoms with van der Waals surface area (Å²) in [5.74, 6) is 0.483. The van der Waals surface area contributed by atoms with Crippen LogP contribution in [0, 0.1) is 6.92 Å². The minimum Gasteiger partial charge on any atom is -0.495 e. The van der Waals surface area contributed by atoms with Crippen LogP contribution in [-0.4, -0.2) is 27.6 Å². The predicted molar refractivity (Wildman–Crippen MR) is 62.9 cm³/mol. The molecule has 0 bridgehead atoms. The monoisotopic (exact) mass is 245 g/mol. The zero-order chi connectivity index (χ0) is 12.1. The van der Waals surface area contributed by atoms with Crippen LogP contribution in [0.2, 0.25) is 0 Å². The number of nitrogens with one attached hydrogen (secondary N) is 1. The Labute approximate surface area is 96.9 Å². The summed E-state index contributed by atoms with van der Waals surface area (Å²) >= 11 is -2.13. The van der Waals surface area contributed by atoms with Crippen LogP contribution in [0.1, 0.15) is 11.1 Å². The molecule has 6 heteroatoms. The highest BCUT2D eigenvalue weighted by Gasteiger charge is 2.09. The van der Waals surface area contributed by atoms with Gasteiger partial charge in [0, 0.05) is 6.61 Å². The summed E-state index contributed by atoms with van der Waals surface area (Å²) < 4.78 is 26.9. The van der Waals surface area contributed by atoms with E-state index in [0.29, 0.717) is 17.9 Å². The first-order chi connectivity index (χ1) is 7.58. The highest BCUT2D eigenvalue weighted by atomic mass is 32.2. The summed E-state index contributed by atoms with van der Waals surface area (Å²) in [5.41, 5.74) is 2.35. The van der Waals surface area contributed by atoms with E-state index in [1.54, 1.807) is 12.1 Å². The Balaban J connectivity index is 3.10. The average Bonchev–Trinajstić information content (AvgIpc) is 2.21. The molecule has 0 spiro atoms. The molecule has 1 rings (SSSR count). The van der Waals surface area contributed by atoms with Crippen LogP contribution in [0.4, 0.5) is 5.69 Å². The van der Waals surface area contributed by atoms with Crippen molar-refractivity contribution in [3.8, 4) is 5.75 Å². The Morgan fingerprint density at radius 2 is 2.19 bits per heavy atom. The summed E-state index contributed by atoms with van der Waals surface area (Å²) in [6.07, 6.45) is 0.532. The number of rotatable bonds is 5. The van der Waals surface area contributed by atoms with Gasteiger partial charge in [0.05, 0.1) is 12.8 Å². The van der Waals surface area contributed by atoms with E-state index in [1.807, 2.05) is 6.92 Å². The first-order valence-electron chi connectivity index (χ1n) is 4.74. The fraction of sp³-hybridized carbons (Fsp3) is 0.400. The molecule has 1 unspecified atom stereocenters. The molecule has 0 radical (unpaired) electrons. The zero-order valence-electron chi connectivity index (χ0n) is 9.19. The van der Waals surface area contributed by atoms with Crippen molar-refractivity contribution in [3.63, 3.8) is 0 Å².